The molecule has 3 saturated carbocycles. The van der Waals surface area contributed by atoms with Crippen molar-refractivity contribution in [3.05, 3.63) is 42.1 Å². The van der Waals surface area contributed by atoms with E-state index in [1.54, 1.807) is 0 Å². The van der Waals surface area contributed by atoms with Crippen LogP contribution in [-0.4, -0.2) is 9.78 Å². The van der Waals surface area contributed by atoms with Gasteiger partial charge in [-0.25, -0.2) is 4.68 Å². The van der Waals surface area contributed by atoms with Gasteiger partial charge >= 0.3 is 0 Å². The number of anilines is 1. The summed E-state index contributed by atoms with van der Waals surface area (Å²) in [4.78, 5) is 0. The van der Waals surface area contributed by atoms with Crippen LogP contribution in [-0.2, 0) is 0 Å². The lowest BCUT2D eigenvalue weighted by Crippen LogP contribution is -2.02. The smallest absolute Gasteiger partial charge is 0.127 e. The number of rotatable bonds is 2. The highest BCUT2D eigenvalue weighted by atomic mass is 15.3. The molecule has 3 aliphatic rings. The van der Waals surface area contributed by atoms with Crippen LogP contribution in [0, 0.1) is 23.7 Å². The minimum atomic E-state index is 0.702. The Kier molecular flexibility index (Phi) is 2.00. The fourth-order valence-electron chi connectivity index (χ4n) is 5.07. The van der Waals surface area contributed by atoms with Crippen molar-refractivity contribution in [1.82, 2.24) is 9.78 Å². The van der Waals surface area contributed by atoms with E-state index in [1.165, 1.54) is 25.0 Å². The Hall–Kier alpha value is -1.77. The minimum Gasteiger partial charge on any atom is -0.384 e. The second-order valence-corrected chi connectivity index (χ2v) is 6.76. The Balaban J connectivity index is 1.50. The quantitative estimate of drug-likeness (QED) is 0.906. The number of benzene rings is 1. The summed E-state index contributed by atoms with van der Waals surface area (Å²) in [6, 6.07) is 12.3. The van der Waals surface area contributed by atoms with Crippen LogP contribution in [0.5, 0.6) is 0 Å². The number of hydrogen-bond donors (Lipinski definition) is 1. The summed E-state index contributed by atoms with van der Waals surface area (Å²) in [6.07, 6.45) is 4.40. The molecule has 3 aliphatic carbocycles. The second kappa shape index (κ2) is 3.66. The molecular formula is C17H19N3. The van der Waals surface area contributed by atoms with E-state index in [0.717, 1.165) is 35.2 Å². The lowest BCUT2D eigenvalue weighted by molar-refractivity contribution is 0.456. The number of aromatic nitrogens is 2. The standard InChI is InChI=1S/C17H19N3/c18-14-9-13(19-20(14)12-4-2-1-3-5-12)17-15-10-6-7-11(8-10)16(15)17/h1-5,9-11,15-17H,6-8,18H2. The van der Waals surface area contributed by atoms with Crippen LogP contribution in [0.15, 0.2) is 36.4 Å². The van der Waals surface area contributed by atoms with Gasteiger partial charge in [0.1, 0.15) is 5.82 Å². The van der Waals surface area contributed by atoms with Gasteiger partial charge in [-0.1, -0.05) is 18.2 Å². The number of nitrogens with zero attached hydrogens (tertiary/aromatic N) is 2. The molecule has 1 heterocycles. The van der Waals surface area contributed by atoms with Gasteiger partial charge in [0.15, 0.2) is 0 Å². The van der Waals surface area contributed by atoms with Crippen LogP contribution in [0.25, 0.3) is 5.69 Å². The SMILES string of the molecule is Nc1cc(C2C3C4CCC(C4)C23)nn1-c1ccccc1. The highest BCUT2D eigenvalue weighted by Gasteiger charge is 2.65. The molecule has 5 rings (SSSR count). The molecule has 0 amide bonds. The minimum absolute atomic E-state index is 0.702. The van der Waals surface area contributed by atoms with Gasteiger partial charge in [-0.15, -0.1) is 0 Å². The Morgan fingerprint density at radius 2 is 1.75 bits per heavy atom. The van der Waals surface area contributed by atoms with Crippen molar-refractivity contribution in [2.45, 2.75) is 25.2 Å². The van der Waals surface area contributed by atoms with Crippen molar-refractivity contribution in [2.24, 2.45) is 23.7 Å². The molecule has 4 atom stereocenters. The maximum atomic E-state index is 6.17. The van der Waals surface area contributed by atoms with Crippen LogP contribution in [0.1, 0.15) is 30.9 Å². The van der Waals surface area contributed by atoms with Crippen molar-refractivity contribution in [1.29, 1.82) is 0 Å². The molecule has 2 bridgehead atoms. The second-order valence-electron chi connectivity index (χ2n) is 6.76. The highest BCUT2D eigenvalue weighted by Crippen LogP contribution is 2.72. The number of nitrogen functional groups attached to an aromatic ring is 1. The molecule has 1 aromatic carbocycles. The molecule has 2 aromatic rings. The van der Waals surface area contributed by atoms with Crippen LogP contribution < -0.4 is 5.73 Å². The number of hydrogen-bond acceptors (Lipinski definition) is 2. The largest absolute Gasteiger partial charge is 0.384 e. The molecule has 0 radical (unpaired) electrons. The maximum Gasteiger partial charge on any atom is 0.127 e. The summed E-state index contributed by atoms with van der Waals surface area (Å²) in [6.45, 7) is 0. The van der Waals surface area contributed by atoms with Crippen molar-refractivity contribution in [3.63, 3.8) is 0 Å². The molecule has 0 spiro atoms. The van der Waals surface area contributed by atoms with Gasteiger partial charge in [0.25, 0.3) is 0 Å². The molecule has 2 N–H and O–H groups in total. The summed E-state index contributed by atoms with van der Waals surface area (Å²) in [5.74, 6) is 5.28. The molecule has 3 heteroatoms. The fraction of sp³-hybridized carbons (Fsp3) is 0.471. The van der Waals surface area contributed by atoms with E-state index in [-0.39, 0.29) is 0 Å². The van der Waals surface area contributed by atoms with E-state index < -0.39 is 0 Å². The van der Waals surface area contributed by atoms with E-state index in [9.17, 15) is 0 Å². The summed E-state index contributed by atoms with van der Waals surface area (Å²) in [5.41, 5.74) is 8.47. The van der Waals surface area contributed by atoms with Crippen molar-refractivity contribution in [3.8, 4) is 5.69 Å². The first-order valence-electron chi connectivity index (χ1n) is 7.74. The zero-order valence-electron chi connectivity index (χ0n) is 11.4. The zero-order chi connectivity index (χ0) is 13.3. The molecular weight excluding hydrogens is 246 g/mol. The molecule has 102 valence electrons. The van der Waals surface area contributed by atoms with Crippen molar-refractivity contribution < 1.29 is 0 Å². The van der Waals surface area contributed by atoms with Crippen LogP contribution >= 0.6 is 0 Å². The number of nitrogens with two attached hydrogens (primary N) is 1. The molecule has 0 aliphatic heterocycles. The van der Waals surface area contributed by atoms with E-state index in [1.807, 2.05) is 22.9 Å². The molecule has 1 aromatic heterocycles. The van der Waals surface area contributed by atoms with Gasteiger partial charge in [0.05, 0.1) is 11.4 Å². The fourth-order valence-corrected chi connectivity index (χ4v) is 5.07. The third-order valence-electron chi connectivity index (χ3n) is 5.83. The Morgan fingerprint density at radius 3 is 2.45 bits per heavy atom. The summed E-state index contributed by atoms with van der Waals surface area (Å²) < 4.78 is 1.89. The van der Waals surface area contributed by atoms with E-state index in [4.69, 9.17) is 10.8 Å². The monoisotopic (exact) mass is 265 g/mol. The summed E-state index contributed by atoms with van der Waals surface area (Å²) in [5, 5.41) is 4.81. The molecule has 3 nitrogen and oxygen atoms in total. The van der Waals surface area contributed by atoms with Gasteiger partial charge < -0.3 is 5.73 Å². The van der Waals surface area contributed by atoms with Crippen LogP contribution in [0.2, 0.25) is 0 Å². The van der Waals surface area contributed by atoms with Crippen LogP contribution in [0.3, 0.4) is 0 Å². The predicted molar refractivity (Wildman–Crippen MR) is 78.5 cm³/mol. The number of para-hydroxylation sites is 1. The highest BCUT2D eigenvalue weighted by molar-refractivity contribution is 5.45. The first-order chi connectivity index (χ1) is 9.83. The van der Waals surface area contributed by atoms with E-state index in [0.29, 0.717) is 5.92 Å². The normalized spacial score (nSPS) is 37.1. The van der Waals surface area contributed by atoms with E-state index in [2.05, 4.69) is 18.2 Å². The molecule has 0 saturated heterocycles. The van der Waals surface area contributed by atoms with Gasteiger partial charge in [-0.2, -0.15) is 5.10 Å². The topological polar surface area (TPSA) is 43.8 Å². The van der Waals surface area contributed by atoms with Gasteiger partial charge in [0.2, 0.25) is 0 Å². The third kappa shape index (κ3) is 1.33. The average Bonchev–Trinajstić information content (AvgIpc) is 2.79. The third-order valence-corrected chi connectivity index (χ3v) is 5.83. The lowest BCUT2D eigenvalue weighted by atomic mass is 10.0. The lowest BCUT2D eigenvalue weighted by Gasteiger charge is -2.06. The Bertz CT molecular complexity index is 644. The molecule has 4 unspecified atom stereocenters. The number of fused-ring (bicyclic) bond motifs is 5. The average molecular weight is 265 g/mol. The van der Waals surface area contributed by atoms with Gasteiger partial charge in [-0.3, -0.25) is 0 Å². The molecule has 20 heavy (non-hydrogen) atoms. The van der Waals surface area contributed by atoms with E-state index >= 15 is 0 Å². The van der Waals surface area contributed by atoms with Crippen molar-refractivity contribution in [2.75, 3.05) is 5.73 Å². The maximum absolute atomic E-state index is 6.17. The van der Waals surface area contributed by atoms with Gasteiger partial charge in [0, 0.05) is 12.0 Å². The first kappa shape index (κ1) is 11.0. The summed E-state index contributed by atoms with van der Waals surface area (Å²) in [7, 11) is 0. The van der Waals surface area contributed by atoms with Crippen molar-refractivity contribution >= 4 is 5.82 Å². The summed E-state index contributed by atoms with van der Waals surface area (Å²) >= 11 is 0. The first-order valence-corrected chi connectivity index (χ1v) is 7.74. The van der Waals surface area contributed by atoms with Crippen LogP contribution in [0.4, 0.5) is 5.82 Å². The Labute approximate surface area is 118 Å². The Morgan fingerprint density at radius 1 is 1.05 bits per heavy atom. The molecule has 3 fully saturated rings. The predicted octanol–water partition coefficient (Wildman–Crippen LogP) is 3.21. The van der Waals surface area contributed by atoms with Gasteiger partial charge in [-0.05, 0) is 55.1 Å². The zero-order valence-corrected chi connectivity index (χ0v) is 11.4.